The quantitative estimate of drug-likeness (QED) is 0.0243. The van der Waals surface area contributed by atoms with Crippen LogP contribution in [-0.2, 0) is 18.4 Å². The Morgan fingerprint density at radius 3 is 1.24 bits per heavy atom. The Bertz CT molecular complexity index is 1480. The van der Waals surface area contributed by atoms with Crippen LogP contribution in [0.1, 0.15) is 271 Å². The maximum absolute atomic E-state index is 13.0. The van der Waals surface area contributed by atoms with Crippen LogP contribution >= 0.6 is 7.82 Å². The number of nitrogens with one attached hydrogen (secondary N) is 1. The van der Waals surface area contributed by atoms with E-state index in [-0.39, 0.29) is 19.1 Å². The van der Waals surface area contributed by atoms with Crippen molar-refractivity contribution in [2.24, 2.45) is 0 Å². The highest BCUT2D eigenvalue weighted by molar-refractivity contribution is 7.47. The van der Waals surface area contributed by atoms with Crippen molar-refractivity contribution in [2.75, 3.05) is 40.9 Å². The molecule has 74 heavy (non-hydrogen) atoms. The van der Waals surface area contributed by atoms with Crippen molar-refractivity contribution in [1.29, 1.82) is 0 Å². The Morgan fingerprint density at radius 1 is 0.473 bits per heavy atom. The van der Waals surface area contributed by atoms with E-state index >= 15 is 0 Å². The van der Waals surface area contributed by atoms with Crippen LogP contribution in [0.2, 0.25) is 0 Å². The van der Waals surface area contributed by atoms with Crippen LogP contribution in [0.25, 0.3) is 0 Å². The fourth-order valence-corrected chi connectivity index (χ4v) is 9.51. The number of phosphoric ester groups is 1. The number of rotatable bonds is 56. The van der Waals surface area contributed by atoms with Gasteiger partial charge in [-0.3, -0.25) is 13.8 Å². The second kappa shape index (κ2) is 55.4. The van der Waals surface area contributed by atoms with E-state index < -0.39 is 20.0 Å². The van der Waals surface area contributed by atoms with Crippen LogP contribution in [0, 0.1) is 0 Å². The molecule has 0 saturated carbocycles. The van der Waals surface area contributed by atoms with Gasteiger partial charge in [0.05, 0.1) is 39.9 Å². The fraction of sp³-hybridized carbons (Fsp3) is 0.769. The predicted molar refractivity (Wildman–Crippen MR) is 323 cm³/mol. The minimum atomic E-state index is -4.37. The number of quaternary nitrogens is 1. The zero-order chi connectivity index (χ0) is 54.2. The summed E-state index contributed by atoms with van der Waals surface area (Å²) in [6.07, 6.45) is 78.5. The van der Waals surface area contributed by atoms with Crippen molar-refractivity contribution in [3.05, 3.63) is 85.1 Å². The summed E-state index contributed by atoms with van der Waals surface area (Å²) in [7, 11) is 1.53. The lowest BCUT2D eigenvalue weighted by Gasteiger charge is -2.25. The van der Waals surface area contributed by atoms with Gasteiger partial charge in [-0.05, 0) is 83.5 Å². The Balaban J connectivity index is 4.23. The lowest BCUT2D eigenvalue weighted by molar-refractivity contribution is -0.870. The topological polar surface area (TPSA) is 105 Å². The van der Waals surface area contributed by atoms with Crippen LogP contribution in [-0.4, -0.2) is 73.4 Å². The molecule has 0 aromatic heterocycles. The summed E-state index contributed by atoms with van der Waals surface area (Å²) < 4.78 is 23.7. The molecule has 3 atom stereocenters. The number of carbonyl (C=O) groups excluding carboxylic acids is 1. The van der Waals surface area contributed by atoms with Crippen molar-refractivity contribution >= 4 is 13.7 Å². The number of nitrogens with zero attached hydrogens (tertiary/aromatic N) is 1. The molecule has 0 heterocycles. The molecular formula is C65H120N2O6P+. The molecule has 0 spiro atoms. The van der Waals surface area contributed by atoms with Gasteiger partial charge in [-0.15, -0.1) is 0 Å². The predicted octanol–water partition coefficient (Wildman–Crippen LogP) is 19.2. The molecular weight excluding hydrogens is 936 g/mol. The molecule has 0 radical (unpaired) electrons. The number of phosphoric acid groups is 1. The Morgan fingerprint density at radius 2 is 0.824 bits per heavy atom. The molecule has 430 valence electrons. The van der Waals surface area contributed by atoms with Crippen molar-refractivity contribution in [3.8, 4) is 0 Å². The number of aliphatic hydroxyl groups excluding tert-OH is 1. The third-order valence-corrected chi connectivity index (χ3v) is 14.6. The van der Waals surface area contributed by atoms with E-state index in [1.165, 1.54) is 167 Å². The molecule has 3 unspecified atom stereocenters. The first-order valence-corrected chi connectivity index (χ1v) is 32.5. The molecule has 0 aliphatic heterocycles. The first kappa shape index (κ1) is 71.7. The molecule has 0 fully saturated rings. The molecule has 0 rings (SSSR count). The third kappa shape index (κ3) is 57.4. The van der Waals surface area contributed by atoms with E-state index in [0.29, 0.717) is 17.4 Å². The minimum Gasteiger partial charge on any atom is -0.387 e. The van der Waals surface area contributed by atoms with Gasteiger partial charge in [0.25, 0.3) is 0 Å². The smallest absolute Gasteiger partial charge is 0.387 e. The third-order valence-electron chi connectivity index (χ3n) is 13.6. The molecule has 0 saturated heterocycles. The fourth-order valence-electron chi connectivity index (χ4n) is 8.77. The van der Waals surface area contributed by atoms with Gasteiger partial charge in [-0.1, -0.05) is 266 Å². The molecule has 0 aliphatic carbocycles. The van der Waals surface area contributed by atoms with E-state index in [1.54, 1.807) is 6.08 Å². The maximum atomic E-state index is 13.0. The second-order valence-electron chi connectivity index (χ2n) is 22.0. The summed E-state index contributed by atoms with van der Waals surface area (Å²) in [4.78, 5) is 23.3. The number of hydrogen-bond donors (Lipinski definition) is 3. The van der Waals surface area contributed by atoms with Crippen LogP contribution < -0.4 is 5.32 Å². The summed E-state index contributed by atoms with van der Waals surface area (Å²) in [6.45, 7) is 4.68. The number of amides is 1. The Kier molecular flexibility index (Phi) is 53.7. The average molecular weight is 1060 g/mol. The van der Waals surface area contributed by atoms with Gasteiger partial charge in [-0.2, -0.15) is 0 Å². The average Bonchev–Trinajstić information content (AvgIpc) is 3.36. The molecule has 3 N–H and O–H groups in total. The van der Waals surface area contributed by atoms with Crippen LogP contribution in [0.5, 0.6) is 0 Å². The first-order chi connectivity index (χ1) is 36.0. The van der Waals surface area contributed by atoms with E-state index in [4.69, 9.17) is 9.05 Å². The molecule has 0 bridgehead atoms. The summed E-state index contributed by atoms with van der Waals surface area (Å²) in [5.74, 6) is -0.200. The molecule has 1 amide bonds. The number of unbranched alkanes of at least 4 members (excludes halogenated alkanes) is 31. The molecule has 0 aliphatic rings. The standard InChI is InChI=1S/C65H119N2O6P/c1-6-8-10-12-14-16-18-20-22-24-26-28-29-30-31-32-33-34-35-36-37-39-40-42-44-46-48-50-52-54-56-58-64(68)63(62-73-74(70,71)72-61-60-67(3,4)5)66-65(69)59-57-55-53-51-49-47-45-43-41-38-27-25-23-21-19-17-15-13-11-9-7-2/h9,11,15,17,21,23,27,38,40,42,48,50,56,58,63-64,68H,6-8,10,12-14,16,18-20,22,24-26,28-37,39,41,43-47,49,51-55,57,59-62H2,1-5H3,(H-,66,69,70,71)/p+1/b11-9-,17-15-,23-21-,38-27-,42-40+,50-48+,58-56+. The number of allylic oxidation sites excluding steroid dienone is 13. The number of likely N-dealkylation sites (N-methyl/N-ethyl adjacent to an activating group) is 1. The SMILES string of the molecule is CC/C=C\C/C=C\C/C=C\C/C=C\CCCCCCCCCCC(=O)NC(COP(=O)(O)OCC[N+](C)(C)C)C(O)/C=C/CC/C=C/CC/C=C/CCCCCCCCCCCCCCCCCCCCCCC. The van der Waals surface area contributed by atoms with E-state index in [1.807, 2.05) is 27.2 Å². The van der Waals surface area contributed by atoms with Gasteiger partial charge < -0.3 is 19.8 Å². The number of carbonyl (C=O) groups is 1. The van der Waals surface area contributed by atoms with Crippen LogP contribution in [0.3, 0.4) is 0 Å². The van der Waals surface area contributed by atoms with E-state index in [0.717, 1.165) is 83.5 Å². The highest BCUT2D eigenvalue weighted by atomic mass is 31.2. The van der Waals surface area contributed by atoms with E-state index in [2.05, 4.69) is 92.1 Å². The van der Waals surface area contributed by atoms with Crippen LogP contribution in [0.4, 0.5) is 0 Å². The van der Waals surface area contributed by atoms with Gasteiger partial charge in [0.15, 0.2) is 0 Å². The lowest BCUT2D eigenvalue weighted by atomic mass is 10.0. The maximum Gasteiger partial charge on any atom is 0.472 e. The zero-order valence-electron chi connectivity index (χ0n) is 49.1. The summed E-state index contributed by atoms with van der Waals surface area (Å²) >= 11 is 0. The Hall–Kier alpha value is -2.32. The van der Waals surface area contributed by atoms with Crippen molar-refractivity contribution in [2.45, 2.75) is 283 Å². The molecule has 0 aromatic rings. The zero-order valence-corrected chi connectivity index (χ0v) is 50.0. The van der Waals surface area contributed by atoms with E-state index in [9.17, 15) is 19.4 Å². The number of aliphatic hydroxyl groups is 1. The van der Waals surface area contributed by atoms with Crippen molar-refractivity contribution in [1.82, 2.24) is 5.32 Å². The van der Waals surface area contributed by atoms with Crippen molar-refractivity contribution in [3.63, 3.8) is 0 Å². The highest BCUT2D eigenvalue weighted by Crippen LogP contribution is 2.43. The normalized spacial score (nSPS) is 14.4. The monoisotopic (exact) mass is 1060 g/mol. The van der Waals surface area contributed by atoms with Gasteiger partial charge >= 0.3 is 7.82 Å². The van der Waals surface area contributed by atoms with Gasteiger partial charge in [0.2, 0.25) is 5.91 Å². The molecule has 0 aromatic carbocycles. The van der Waals surface area contributed by atoms with Gasteiger partial charge in [-0.25, -0.2) is 4.57 Å². The van der Waals surface area contributed by atoms with Crippen LogP contribution in [0.15, 0.2) is 85.1 Å². The summed E-state index contributed by atoms with van der Waals surface area (Å²) in [5, 5.41) is 13.9. The highest BCUT2D eigenvalue weighted by Gasteiger charge is 2.27. The molecule has 9 heteroatoms. The Labute approximate surface area is 458 Å². The summed E-state index contributed by atoms with van der Waals surface area (Å²) in [5.41, 5.74) is 0. The second-order valence-corrected chi connectivity index (χ2v) is 23.5. The summed E-state index contributed by atoms with van der Waals surface area (Å²) in [6, 6.07) is -0.881. The van der Waals surface area contributed by atoms with Gasteiger partial charge in [0.1, 0.15) is 13.2 Å². The minimum absolute atomic E-state index is 0.0479. The lowest BCUT2D eigenvalue weighted by Crippen LogP contribution is -2.45. The first-order valence-electron chi connectivity index (χ1n) is 31.0. The number of hydrogen-bond acceptors (Lipinski definition) is 5. The van der Waals surface area contributed by atoms with Crippen molar-refractivity contribution < 1.29 is 32.9 Å². The molecule has 8 nitrogen and oxygen atoms in total. The largest absolute Gasteiger partial charge is 0.472 e. The van der Waals surface area contributed by atoms with Gasteiger partial charge in [0, 0.05) is 6.42 Å².